The van der Waals surface area contributed by atoms with Crippen molar-refractivity contribution in [2.45, 2.75) is 50.1 Å². The van der Waals surface area contributed by atoms with Crippen molar-refractivity contribution in [2.75, 3.05) is 18.8 Å². The molecule has 3 heterocycles. The van der Waals surface area contributed by atoms with Gasteiger partial charge in [-0.2, -0.15) is 8.75 Å². The molecule has 0 amide bonds. The maximum Gasteiger partial charge on any atom is 0.134 e. The number of hydrogen-bond acceptors (Lipinski definition) is 5. The topological polar surface area (TPSA) is 29.0 Å². The van der Waals surface area contributed by atoms with E-state index in [1.165, 1.54) is 54.8 Å². The Hall–Kier alpha value is -0.130. The second-order valence-electron chi connectivity index (χ2n) is 5.45. The first-order chi connectivity index (χ1) is 8.81. The first kappa shape index (κ1) is 12.9. The third kappa shape index (κ3) is 2.21. The van der Waals surface area contributed by atoms with Crippen LogP contribution in [-0.4, -0.2) is 38.5 Å². The fourth-order valence-electron chi connectivity index (χ4n) is 3.43. The minimum absolute atomic E-state index is 0.639. The number of hydrogen-bond donors (Lipinski definition) is 0. The molecule has 100 valence electrons. The Bertz CT molecular complexity index is 407. The van der Waals surface area contributed by atoms with Crippen molar-refractivity contribution in [1.82, 2.24) is 13.6 Å². The third-order valence-electron chi connectivity index (χ3n) is 4.40. The van der Waals surface area contributed by atoms with Crippen molar-refractivity contribution in [3.63, 3.8) is 0 Å². The van der Waals surface area contributed by atoms with Crippen LogP contribution in [0, 0.1) is 5.92 Å². The van der Waals surface area contributed by atoms with Crippen molar-refractivity contribution in [1.29, 1.82) is 0 Å². The summed E-state index contributed by atoms with van der Waals surface area (Å²) in [6.45, 7) is 7.10. The van der Waals surface area contributed by atoms with Gasteiger partial charge in [-0.25, -0.2) is 0 Å². The molecule has 2 aliphatic heterocycles. The van der Waals surface area contributed by atoms with Gasteiger partial charge in [0.15, 0.2) is 0 Å². The molecule has 0 spiro atoms. The van der Waals surface area contributed by atoms with Gasteiger partial charge in [0.05, 0.1) is 17.4 Å². The Labute approximate surface area is 118 Å². The van der Waals surface area contributed by atoms with Crippen molar-refractivity contribution in [3.05, 3.63) is 5.69 Å². The first-order valence-electron chi connectivity index (χ1n) is 7.00. The van der Waals surface area contributed by atoms with E-state index in [4.69, 9.17) is 0 Å². The van der Waals surface area contributed by atoms with Crippen LogP contribution in [0.1, 0.15) is 44.7 Å². The molecule has 18 heavy (non-hydrogen) atoms. The van der Waals surface area contributed by atoms with Crippen LogP contribution in [0.3, 0.4) is 0 Å². The number of piperidine rings is 1. The Morgan fingerprint density at radius 3 is 3.11 bits per heavy atom. The Balaban J connectivity index is 1.80. The van der Waals surface area contributed by atoms with Crippen LogP contribution in [0.25, 0.3) is 0 Å². The lowest BCUT2D eigenvalue weighted by Crippen LogP contribution is -2.34. The largest absolute Gasteiger partial charge is 0.300 e. The van der Waals surface area contributed by atoms with Crippen LogP contribution < -0.4 is 0 Å². The summed E-state index contributed by atoms with van der Waals surface area (Å²) >= 11 is 3.29. The maximum atomic E-state index is 4.63. The van der Waals surface area contributed by atoms with Gasteiger partial charge in [0.2, 0.25) is 0 Å². The van der Waals surface area contributed by atoms with Gasteiger partial charge in [0, 0.05) is 18.5 Å². The minimum Gasteiger partial charge on any atom is -0.300 e. The monoisotopic (exact) mass is 283 g/mol. The summed E-state index contributed by atoms with van der Waals surface area (Å²) in [6, 6.07) is 0.745. The molecule has 2 aliphatic rings. The van der Waals surface area contributed by atoms with Crippen LogP contribution in [0.4, 0.5) is 0 Å². The molecule has 0 saturated carbocycles. The highest BCUT2D eigenvalue weighted by Crippen LogP contribution is 2.44. The second-order valence-corrected chi connectivity index (χ2v) is 7.06. The van der Waals surface area contributed by atoms with Gasteiger partial charge >= 0.3 is 0 Å². The van der Waals surface area contributed by atoms with Gasteiger partial charge < -0.3 is 0 Å². The zero-order valence-corrected chi connectivity index (χ0v) is 12.8. The van der Waals surface area contributed by atoms with Crippen molar-refractivity contribution in [3.8, 4) is 0 Å². The van der Waals surface area contributed by atoms with E-state index in [1.54, 1.807) is 0 Å². The molecule has 5 heteroatoms. The lowest BCUT2D eigenvalue weighted by molar-refractivity contribution is 0.190. The molecule has 3 nitrogen and oxygen atoms in total. The zero-order valence-electron chi connectivity index (χ0n) is 11.1. The Morgan fingerprint density at radius 1 is 1.44 bits per heavy atom. The summed E-state index contributed by atoms with van der Waals surface area (Å²) in [5.74, 6) is 2.61. The van der Waals surface area contributed by atoms with Gasteiger partial charge in [-0.1, -0.05) is 6.92 Å². The smallest absolute Gasteiger partial charge is 0.134 e. The van der Waals surface area contributed by atoms with Crippen LogP contribution in [0.5, 0.6) is 0 Å². The zero-order chi connectivity index (χ0) is 12.5. The molecule has 0 N–H and O–H groups in total. The van der Waals surface area contributed by atoms with Crippen LogP contribution in [0.15, 0.2) is 5.03 Å². The quantitative estimate of drug-likeness (QED) is 0.793. The molecular formula is C13H21N3S2. The molecule has 3 rings (SSSR count). The molecule has 4 atom stereocenters. The lowest BCUT2D eigenvalue weighted by atomic mass is 9.84. The number of nitrogens with zero attached hydrogens (tertiary/aromatic N) is 3. The minimum atomic E-state index is 0.639. The predicted octanol–water partition coefficient (Wildman–Crippen LogP) is 3.24. The SMILES string of the molecule is CCCSc1nsnc1C1CN2CCCC1C2C. The van der Waals surface area contributed by atoms with E-state index >= 15 is 0 Å². The van der Waals surface area contributed by atoms with Crippen molar-refractivity contribution >= 4 is 23.5 Å². The van der Waals surface area contributed by atoms with Gasteiger partial charge in [-0.15, -0.1) is 11.8 Å². The maximum absolute atomic E-state index is 4.63. The number of aromatic nitrogens is 2. The van der Waals surface area contributed by atoms with E-state index in [0.717, 1.165) is 17.7 Å². The van der Waals surface area contributed by atoms with E-state index < -0.39 is 0 Å². The van der Waals surface area contributed by atoms with E-state index in [1.807, 2.05) is 11.8 Å². The fraction of sp³-hybridized carbons (Fsp3) is 0.846. The average molecular weight is 283 g/mol. The summed E-state index contributed by atoms with van der Waals surface area (Å²) in [5, 5.41) is 1.22. The van der Waals surface area contributed by atoms with Gasteiger partial charge in [0.1, 0.15) is 5.03 Å². The molecule has 0 aromatic carbocycles. The van der Waals surface area contributed by atoms with Gasteiger partial charge in [-0.05, 0) is 44.4 Å². The summed E-state index contributed by atoms with van der Waals surface area (Å²) in [4.78, 5) is 2.65. The predicted molar refractivity (Wildman–Crippen MR) is 77.4 cm³/mol. The molecule has 4 unspecified atom stereocenters. The van der Waals surface area contributed by atoms with E-state index in [2.05, 4.69) is 27.5 Å². The first-order valence-corrected chi connectivity index (χ1v) is 8.72. The van der Waals surface area contributed by atoms with Crippen molar-refractivity contribution < 1.29 is 0 Å². The third-order valence-corrected chi connectivity index (χ3v) is 6.25. The average Bonchev–Trinajstić information content (AvgIpc) is 2.87. The van der Waals surface area contributed by atoms with Crippen LogP contribution >= 0.6 is 23.5 Å². The number of rotatable bonds is 4. The van der Waals surface area contributed by atoms with Gasteiger partial charge in [0.25, 0.3) is 0 Å². The lowest BCUT2D eigenvalue weighted by Gasteiger charge is -2.30. The molecular weight excluding hydrogens is 262 g/mol. The van der Waals surface area contributed by atoms with E-state index in [9.17, 15) is 0 Å². The molecule has 0 radical (unpaired) electrons. The molecule has 2 fully saturated rings. The summed E-state index contributed by atoms with van der Waals surface area (Å²) in [6.07, 6.45) is 3.94. The molecule has 1 aromatic heterocycles. The Kier molecular flexibility index (Phi) is 3.91. The molecule has 0 aliphatic carbocycles. The summed E-state index contributed by atoms with van der Waals surface area (Å²) in [7, 11) is 0. The van der Waals surface area contributed by atoms with E-state index in [-0.39, 0.29) is 0 Å². The van der Waals surface area contributed by atoms with Gasteiger partial charge in [-0.3, -0.25) is 4.90 Å². The second kappa shape index (κ2) is 5.47. The highest BCUT2D eigenvalue weighted by molar-refractivity contribution is 7.99. The fourth-order valence-corrected chi connectivity index (χ4v) is 5.06. The molecule has 2 saturated heterocycles. The highest BCUT2D eigenvalue weighted by Gasteiger charge is 2.43. The van der Waals surface area contributed by atoms with Crippen molar-refractivity contribution in [2.24, 2.45) is 5.92 Å². The number of fused-ring (bicyclic) bond motifs is 2. The van der Waals surface area contributed by atoms with Crippen LogP contribution in [0.2, 0.25) is 0 Å². The molecule has 2 bridgehead atoms. The summed E-state index contributed by atoms with van der Waals surface area (Å²) < 4.78 is 9.14. The molecule has 1 aromatic rings. The van der Waals surface area contributed by atoms with Crippen LogP contribution in [-0.2, 0) is 0 Å². The normalized spacial score (nSPS) is 35.0. The Morgan fingerprint density at radius 2 is 2.33 bits per heavy atom. The standard InChI is InChI=1S/C13H21N3S2/c1-3-7-17-13-12(14-18-15-13)11-8-16-6-4-5-10(11)9(16)2/h9-11H,3-8H2,1-2H3. The summed E-state index contributed by atoms with van der Waals surface area (Å²) in [5.41, 5.74) is 1.31. The highest BCUT2D eigenvalue weighted by atomic mass is 32.2. The number of thioether (sulfide) groups is 1. The van der Waals surface area contributed by atoms with E-state index in [0.29, 0.717) is 5.92 Å².